The molecule has 0 saturated heterocycles. The van der Waals surface area contributed by atoms with Gasteiger partial charge >= 0.3 is 6.09 Å². The third-order valence-electron chi connectivity index (χ3n) is 3.42. The topological polar surface area (TPSA) is 62.1 Å². The van der Waals surface area contributed by atoms with Crippen LogP contribution in [0.2, 0.25) is 0 Å². The van der Waals surface area contributed by atoms with Gasteiger partial charge in [-0.15, -0.1) is 0 Å². The van der Waals surface area contributed by atoms with Crippen molar-refractivity contribution in [1.29, 1.82) is 5.26 Å². The largest absolute Gasteiger partial charge is 0.445 e. The van der Waals surface area contributed by atoms with Crippen LogP contribution in [0, 0.1) is 18.3 Å². The summed E-state index contributed by atoms with van der Waals surface area (Å²) in [7, 11) is 0. The first-order chi connectivity index (χ1) is 10.6. The number of nitriles is 1. The minimum Gasteiger partial charge on any atom is -0.445 e. The van der Waals surface area contributed by atoms with Crippen LogP contribution in [0.25, 0.3) is 0 Å². The fourth-order valence-corrected chi connectivity index (χ4v) is 2.11. The second-order valence-corrected chi connectivity index (χ2v) is 5.11. The number of nitrogens with zero attached hydrogens (tertiary/aromatic N) is 1. The molecule has 0 aromatic heterocycles. The van der Waals surface area contributed by atoms with Crippen LogP contribution >= 0.6 is 0 Å². The Morgan fingerprint density at radius 2 is 2.00 bits per heavy atom. The van der Waals surface area contributed by atoms with E-state index < -0.39 is 6.09 Å². The first kappa shape index (κ1) is 15.6. The minimum absolute atomic E-state index is 0.185. The Kier molecular flexibility index (Phi) is 5.16. The number of hydrogen-bond acceptors (Lipinski definition) is 3. The summed E-state index contributed by atoms with van der Waals surface area (Å²) in [6.45, 7) is 4.00. The second-order valence-electron chi connectivity index (χ2n) is 5.11. The number of amides is 1. The van der Waals surface area contributed by atoms with Crippen molar-refractivity contribution >= 4 is 6.09 Å². The van der Waals surface area contributed by atoms with Gasteiger partial charge in [0.05, 0.1) is 17.7 Å². The van der Waals surface area contributed by atoms with Crippen molar-refractivity contribution in [1.82, 2.24) is 5.32 Å². The van der Waals surface area contributed by atoms with Crippen molar-refractivity contribution in [2.75, 3.05) is 0 Å². The minimum atomic E-state index is -0.460. The summed E-state index contributed by atoms with van der Waals surface area (Å²) in [5.41, 5.74) is 3.42. The molecule has 4 nitrogen and oxygen atoms in total. The molecule has 1 unspecified atom stereocenters. The summed E-state index contributed by atoms with van der Waals surface area (Å²) < 4.78 is 5.19. The molecule has 1 amide bonds. The Labute approximate surface area is 130 Å². The molecular formula is C18H18N2O2. The number of hydrogen-bond donors (Lipinski definition) is 1. The summed E-state index contributed by atoms with van der Waals surface area (Å²) in [5, 5.41) is 11.7. The maximum atomic E-state index is 11.8. The van der Waals surface area contributed by atoms with E-state index in [-0.39, 0.29) is 12.6 Å². The van der Waals surface area contributed by atoms with Gasteiger partial charge in [0.25, 0.3) is 0 Å². The first-order valence-electron chi connectivity index (χ1n) is 7.08. The molecule has 2 aromatic rings. The average Bonchev–Trinajstić information content (AvgIpc) is 2.53. The number of rotatable bonds is 4. The predicted octanol–water partition coefficient (Wildman–Crippen LogP) is 3.85. The monoisotopic (exact) mass is 294 g/mol. The SMILES string of the molecule is Cc1cc(C(C)NC(=O)OCc2ccccc2)ccc1C#N. The van der Waals surface area contributed by atoms with E-state index in [9.17, 15) is 4.79 Å². The Balaban J connectivity index is 1.91. The summed E-state index contributed by atoms with van der Waals surface area (Å²) >= 11 is 0. The Bertz CT molecular complexity index is 690. The lowest BCUT2D eigenvalue weighted by Crippen LogP contribution is -2.27. The van der Waals surface area contributed by atoms with E-state index >= 15 is 0 Å². The number of aryl methyl sites for hydroxylation is 1. The van der Waals surface area contributed by atoms with Gasteiger partial charge < -0.3 is 10.1 Å². The lowest BCUT2D eigenvalue weighted by atomic mass is 10.0. The smallest absolute Gasteiger partial charge is 0.407 e. The van der Waals surface area contributed by atoms with Crippen molar-refractivity contribution in [3.05, 3.63) is 70.8 Å². The highest BCUT2D eigenvalue weighted by atomic mass is 16.5. The molecule has 0 fully saturated rings. The van der Waals surface area contributed by atoms with Gasteiger partial charge in [-0.25, -0.2) is 4.79 Å². The molecule has 0 saturated carbocycles. The van der Waals surface area contributed by atoms with Crippen molar-refractivity contribution in [3.63, 3.8) is 0 Å². The molecular weight excluding hydrogens is 276 g/mol. The highest BCUT2D eigenvalue weighted by molar-refractivity contribution is 5.68. The first-order valence-corrected chi connectivity index (χ1v) is 7.08. The van der Waals surface area contributed by atoms with E-state index in [1.54, 1.807) is 6.07 Å². The number of alkyl carbamates (subject to hydrolysis) is 1. The van der Waals surface area contributed by atoms with Crippen LogP contribution in [0.5, 0.6) is 0 Å². The molecule has 0 aliphatic carbocycles. The van der Waals surface area contributed by atoms with Crippen LogP contribution in [0.1, 0.15) is 35.2 Å². The van der Waals surface area contributed by atoms with E-state index in [0.29, 0.717) is 5.56 Å². The zero-order valence-electron chi connectivity index (χ0n) is 12.7. The number of benzene rings is 2. The van der Waals surface area contributed by atoms with Gasteiger partial charge in [0.2, 0.25) is 0 Å². The molecule has 112 valence electrons. The van der Waals surface area contributed by atoms with Gasteiger partial charge in [-0.2, -0.15) is 5.26 Å². The lowest BCUT2D eigenvalue weighted by Gasteiger charge is -2.15. The zero-order chi connectivity index (χ0) is 15.9. The molecule has 1 N–H and O–H groups in total. The maximum Gasteiger partial charge on any atom is 0.407 e. The molecule has 0 bridgehead atoms. The highest BCUT2D eigenvalue weighted by Gasteiger charge is 2.11. The maximum absolute atomic E-state index is 11.8. The van der Waals surface area contributed by atoms with E-state index in [2.05, 4.69) is 11.4 Å². The van der Waals surface area contributed by atoms with Gasteiger partial charge in [0.1, 0.15) is 6.61 Å². The Morgan fingerprint density at radius 3 is 2.64 bits per heavy atom. The van der Waals surface area contributed by atoms with Crippen LogP contribution < -0.4 is 5.32 Å². The number of ether oxygens (including phenoxy) is 1. The molecule has 0 heterocycles. The van der Waals surface area contributed by atoms with E-state index in [4.69, 9.17) is 10.00 Å². The molecule has 0 radical (unpaired) electrons. The fourth-order valence-electron chi connectivity index (χ4n) is 2.11. The molecule has 0 spiro atoms. The van der Waals surface area contributed by atoms with Gasteiger partial charge in [-0.05, 0) is 36.6 Å². The molecule has 2 rings (SSSR count). The number of carbonyl (C=O) groups excluding carboxylic acids is 1. The van der Waals surface area contributed by atoms with Gasteiger partial charge in [0, 0.05) is 0 Å². The Morgan fingerprint density at radius 1 is 1.27 bits per heavy atom. The quantitative estimate of drug-likeness (QED) is 0.931. The van der Waals surface area contributed by atoms with E-state index in [1.165, 1.54) is 0 Å². The number of carbonyl (C=O) groups is 1. The van der Waals surface area contributed by atoms with Crippen LogP contribution in [0.4, 0.5) is 4.79 Å². The summed E-state index contributed by atoms with van der Waals surface area (Å²) in [4.78, 5) is 11.8. The summed E-state index contributed by atoms with van der Waals surface area (Å²) in [5.74, 6) is 0. The van der Waals surface area contributed by atoms with Crippen LogP contribution in [0.3, 0.4) is 0 Å². The summed E-state index contributed by atoms with van der Waals surface area (Å²) in [6.07, 6.45) is -0.460. The zero-order valence-corrected chi connectivity index (χ0v) is 12.7. The standard InChI is InChI=1S/C18H18N2O2/c1-13-10-16(8-9-17(13)11-19)14(2)20-18(21)22-12-15-6-4-3-5-7-15/h3-10,14H,12H2,1-2H3,(H,20,21). The van der Waals surface area contributed by atoms with Crippen LogP contribution in [-0.4, -0.2) is 6.09 Å². The van der Waals surface area contributed by atoms with Gasteiger partial charge in [-0.3, -0.25) is 0 Å². The van der Waals surface area contributed by atoms with Crippen LogP contribution in [0.15, 0.2) is 48.5 Å². The summed E-state index contributed by atoms with van der Waals surface area (Å²) in [6, 6.07) is 17.0. The second kappa shape index (κ2) is 7.28. The molecule has 0 aliphatic heterocycles. The third kappa shape index (κ3) is 4.10. The molecule has 0 aliphatic rings. The average molecular weight is 294 g/mol. The van der Waals surface area contributed by atoms with Crippen molar-refractivity contribution in [2.24, 2.45) is 0 Å². The molecule has 1 atom stereocenters. The molecule has 22 heavy (non-hydrogen) atoms. The fraction of sp³-hybridized carbons (Fsp3) is 0.222. The van der Waals surface area contributed by atoms with E-state index in [1.807, 2.05) is 56.3 Å². The Hall–Kier alpha value is -2.80. The highest BCUT2D eigenvalue weighted by Crippen LogP contribution is 2.17. The predicted molar refractivity (Wildman–Crippen MR) is 84.1 cm³/mol. The van der Waals surface area contributed by atoms with Crippen molar-refractivity contribution in [3.8, 4) is 6.07 Å². The van der Waals surface area contributed by atoms with E-state index in [0.717, 1.165) is 16.7 Å². The molecule has 4 heteroatoms. The van der Waals surface area contributed by atoms with Crippen LogP contribution in [-0.2, 0) is 11.3 Å². The normalized spacial score (nSPS) is 11.3. The number of nitrogens with one attached hydrogen (secondary N) is 1. The van der Waals surface area contributed by atoms with Crippen molar-refractivity contribution in [2.45, 2.75) is 26.5 Å². The third-order valence-corrected chi connectivity index (χ3v) is 3.42. The van der Waals surface area contributed by atoms with Gasteiger partial charge in [0.15, 0.2) is 0 Å². The lowest BCUT2D eigenvalue weighted by molar-refractivity contribution is 0.136. The molecule has 2 aromatic carbocycles. The van der Waals surface area contributed by atoms with Crippen molar-refractivity contribution < 1.29 is 9.53 Å². The van der Waals surface area contributed by atoms with Gasteiger partial charge in [-0.1, -0.05) is 42.5 Å².